The molecule has 0 aliphatic heterocycles. The summed E-state index contributed by atoms with van der Waals surface area (Å²) < 4.78 is 0. The molecule has 64 valence electrons. The zero-order chi connectivity index (χ0) is 8.27. The molecule has 0 N–H and O–H groups in total. The van der Waals surface area contributed by atoms with Crippen LogP contribution in [0.1, 0.15) is 32.6 Å². The van der Waals surface area contributed by atoms with Crippen molar-refractivity contribution in [2.45, 2.75) is 38.6 Å². The highest BCUT2D eigenvalue weighted by molar-refractivity contribution is 5.80. The van der Waals surface area contributed by atoms with Gasteiger partial charge in [-0.2, -0.15) is 0 Å². The van der Waals surface area contributed by atoms with Gasteiger partial charge in [-0.05, 0) is 19.9 Å². The quantitative estimate of drug-likeness (QED) is 0.612. The van der Waals surface area contributed by atoms with Crippen molar-refractivity contribution in [3.8, 4) is 0 Å². The summed E-state index contributed by atoms with van der Waals surface area (Å²) in [6, 6.07) is 0.700. The molecule has 0 saturated heterocycles. The predicted octanol–water partition coefficient (Wildman–Crippen LogP) is 1.45. The molecular weight excluding hydrogens is 138 g/mol. The number of hydrogen-bond donors (Lipinski definition) is 0. The smallest absolute Gasteiger partial charge is 0.146 e. The first-order valence-electron chi connectivity index (χ1n) is 4.46. The predicted molar refractivity (Wildman–Crippen MR) is 45.6 cm³/mol. The monoisotopic (exact) mass is 155 g/mol. The van der Waals surface area contributed by atoms with Gasteiger partial charge in [0, 0.05) is 12.5 Å². The fourth-order valence-electron chi connectivity index (χ4n) is 1.35. The summed E-state index contributed by atoms with van der Waals surface area (Å²) in [5, 5.41) is 0. The van der Waals surface area contributed by atoms with Gasteiger partial charge in [0.2, 0.25) is 0 Å². The number of nitrogens with zero attached hydrogens (tertiary/aromatic N) is 1. The summed E-state index contributed by atoms with van der Waals surface area (Å²) in [5.74, 6) is 0.361. The molecule has 1 aliphatic rings. The Labute approximate surface area is 68.6 Å². The van der Waals surface area contributed by atoms with Gasteiger partial charge in [0.05, 0.1) is 6.54 Å². The third-order valence-corrected chi connectivity index (χ3v) is 2.52. The van der Waals surface area contributed by atoms with Gasteiger partial charge < -0.3 is 0 Å². The summed E-state index contributed by atoms with van der Waals surface area (Å²) in [5.41, 5.74) is 0. The lowest BCUT2D eigenvalue weighted by atomic mass is 9.92. The molecule has 0 radical (unpaired) electrons. The van der Waals surface area contributed by atoms with E-state index in [-0.39, 0.29) is 0 Å². The van der Waals surface area contributed by atoms with Crippen molar-refractivity contribution >= 4 is 5.78 Å². The van der Waals surface area contributed by atoms with Crippen molar-refractivity contribution in [2.24, 2.45) is 0 Å². The molecule has 0 bridgehead atoms. The zero-order valence-corrected chi connectivity index (χ0v) is 7.47. The molecule has 0 heterocycles. The fourth-order valence-corrected chi connectivity index (χ4v) is 1.35. The minimum Gasteiger partial charge on any atom is -0.298 e. The molecule has 0 amide bonds. The Balaban J connectivity index is 2.19. The van der Waals surface area contributed by atoms with Crippen LogP contribution < -0.4 is 0 Å². The Hall–Kier alpha value is -0.370. The molecule has 2 heteroatoms. The molecule has 0 aromatic rings. The highest BCUT2D eigenvalue weighted by Crippen LogP contribution is 2.23. The van der Waals surface area contributed by atoms with Crippen LogP contribution in [0.2, 0.25) is 0 Å². The first-order valence-corrected chi connectivity index (χ1v) is 4.46. The van der Waals surface area contributed by atoms with Crippen LogP contribution in [0.5, 0.6) is 0 Å². The Kier molecular flexibility index (Phi) is 3.06. The van der Waals surface area contributed by atoms with Crippen LogP contribution in [0.3, 0.4) is 0 Å². The molecule has 1 fully saturated rings. The average molecular weight is 155 g/mol. The topological polar surface area (TPSA) is 20.3 Å². The summed E-state index contributed by atoms with van der Waals surface area (Å²) in [4.78, 5) is 13.2. The van der Waals surface area contributed by atoms with Crippen LogP contribution in [0.25, 0.3) is 0 Å². The Morgan fingerprint density at radius 2 is 2.18 bits per heavy atom. The Morgan fingerprint density at radius 3 is 2.55 bits per heavy atom. The van der Waals surface area contributed by atoms with Gasteiger partial charge in [-0.15, -0.1) is 0 Å². The van der Waals surface area contributed by atoms with E-state index >= 15 is 0 Å². The summed E-state index contributed by atoms with van der Waals surface area (Å²) in [7, 11) is 2.05. The standard InChI is InChI=1S/C9H17NO/c1-3-9(11)7-10(2)8-5-4-6-8/h8H,3-7H2,1-2H3. The molecule has 0 unspecified atom stereocenters. The van der Waals surface area contributed by atoms with Crippen molar-refractivity contribution in [3.05, 3.63) is 0 Å². The lowest BCUT2D eigenvalue weighted by molar-refractivity contribution is -0.120. The van der Waals surface area contributed by atoms with Crippen molar-refractivity contribution in [1.29, 1.82) is 0 Å². The SMILES string of the molecule is CCC(=O)CN(C)C1CCC1. The van der Waals surface area contributed by atoms with Gasteiger partial charge in [0.15, 0.2) is 0 Å². The largest absolute Gasteiger partial charge is 0.298 e. The number of ketones is 1. The molecular formula is C9H17NO. The maximum atomic E-state index is 11.0. The lowest BCUT2D eigenvalue weighted by Crippen LogP contribution is -2.40. The molecule has 2 nitrogen and oxygen atoms in total. The second-order valence-corrected chi connectivity index (χ2v) is 3.39. The van der Waals surface area contributed by atoms with E-state index in [0.717, 1.165) is 0 Å². The normalized spacial score (nSPS) is 18.5. The molecule has 0 aromatic carbocycles. The third-order valence-electron chi connectivity index (χ3n) is 2.52. The number of hydrogen-bond acceptors (Lipinski definition) is 2. The highest BCUT2D eigenvalue weighted by Gasteiger charge is 2.22. The Bertz CT molecular complexity index is 140. The molecule has 0 spiro atoms. The zero-order valence-electron chi connectivity index (χ0n) is 7.47. The molecule has 1 aliphatic carbocycles. The first kappa shape index (κ1) is 8.72. The van der Waals surface area contributed by atoms with E-state index in [4.69, 9.17) is 0 Å². The third kappa shape index (κ3) is 2.29. The van der Waals surface area contributed by atoms with Crippen LogP contribution in [-0.4, -0.2) is 30.3 Å². The van der Waals surface area contributed by atoms with Gasteiger partial charge >= 0.3 is 0 Å². The van der Waals surface area contributed by atoms with E-state index in [2.05, 4.69) is 11.9 Å². The van der Waals surface area contributed by atoms with Crippen molar-refractivity contribution in [2.75, 3.05) is 13.6 Å². The molecule has 1 saturated carbocycles. The molecule has 1 rings (SSSR count). The minimum absolute atomic E-state index is 0.361. The second-order valence-electron chi connectivity index (χ2n) is 3.39. The van der Waals surface area contributed by atoms with Crippen LogP contribution in [-0.2, 0) is 4.79 Å². The van der Waals surface area contributed by atoms with Crippen molar-refractivity contribution in [1.82, 2.24) is 4.90 Å². The second kappa shape index (κ2) is 3.86. The number of rotatable bonds is 4. The van der Waals surface area contributed by atoms with E-state index in [1.807, 2.05) is 6.92 Å². The summed E-state index contributed by atoms with van der Waals surface area (Å²) in [6.45, 7) is 2.58. The summed E-state index contributed by atoms with van der Waals surface area (Å²) >= 11 is 0. The van der Waals surface area contributed by atoms with Gasteiger partial charge in [0.1, 0.15) is 5.78 Å². The highest BCUT2D eigenvalue weighted by atomic mass is 16.1. The first-order chi connectivity index (χ1) is 5.24. The van der Waals surface area contributed by atoms with Crippen molar-refractivity contribution in [3.63, 3.8) is 0 Å². The van der Waals surface area contributed by atoms with E-state index in [1.54, 1.807) is 0 Å². The minimum atomic E-state index is 0.361. The van der Waals surface area contributed by atoms with Crippen LogP contribution in [0.15, 0.2) is 0 Å². The molecule has 0 aromatic heterocycles. The molecule has 0 atom stereocenters. The number of carbonyl (C=O) groups excluding carboxylic acids is 1. The lowest BCUT2D eigenvalue weighted by Gasteiger charge is -2.34. The van der Waals surface area contributed by atoms with Gasteiger partial charge in [0.25, 0.3) is 0 Å². The van der Waals surface area contributed by atoms with Gasteiger partial charge in [-0.25, -0.2) is 0 Å². The van der Waals surface area contributed by atoms with Gasteiger partial charge in [-0.3, -0.25) is 9.69 Å². The number of carbonyl (C=O) groups is 1. The molecule has 11 heavy (non-hydrogen) atoms. The fraction of sp³-hybridized carbons (Fsp3) is 0.889. The van der Waals surface area contributed by atoms with Gasteiger partial charge in [-0.1, -0.05) is 13.3 Å². The van der Waals surface area contributed by atoms with Crippen LogP contribution >= 0.6 is 0 Å². The van der Waals surface area contributed by atoms with E-state index < -0.39 is 0 Å². The maximum Gasteiger partial charge on any atom is 0.146 e. The maximum absolute atomic E-state index is 11.0. The average Bonchev–Trinajstić information content (AvgIpc) is 1.83. The summed E-state index contributed by atoms with van der Waals surface area (Å²) in [6.07, 6.45) is 4.59. The van der Waals surface area contributed by atoms with E-state index in [1.165, 1.54) is 19.3 Å². The number of Topliss-reactive ketones (excluding diaryl/α,β-unsaturated/α-hetero) is 1. The van der Waals surface area contributed by atoms with E-state index in [9.17, 15) is 4.79 Å². The number of likely N-dealkylation sites (N-methyl/N-ethyl adjacent to an activating group) is 1. The van der Waals surface area contributed by atoms with Crippen molar-refractivity contribution < 1.29 is 4.79 Å². The van der Waals surface area contributed by atoms with E-state index in [0.29, 0.717) is 24.8 Å². The Morgan fingerprint density at radius 1 is 1.55 bits per heavy atom. The van der Waals surface area contributed by atoms with Crippen LogP contribution in [0.4, 0.5) is 0 Å². The van der Waals surface area contributed by atoms with Crippen LogP contribution in [0, 0.1) is 0 Å².